The van der Waals surface area contributed by atoms with Crippen molar-refractivity contribution in [3.63, 3.8) is 0 Å². The van der Waals surface area contributed by atoms with E-state index in [-0.39, 0.29) is 48.3 Å². The van der Waals surface area contributed by atoms with Crippen LogP contribution in [0.1, 0.15) is 51.6 Å². The van der Waals surface area contributed by atoms with Gasteiger partial charge in [0.15, 0.2) is 0 Å². The van der Waals surface area contributed by atoms with Gasteiger partial charge in [0.25, 0.3) is 0 Å². The van der Waals surface area contributed by atoms with Crippen molar-refractivity contribution in [2.45, 2.75) is 63.8 Å². The van der Waals surface area contributed by atoms with E-state index < -0.39 is 6.10 Å². The van der Waals surface area contributed by atoms with Crippen molar-refractivity contribution in [2.75, 3.05) is 13.1 Å². The fourth-order valence-electron chi connectivity index (χ4n) is 3.34. The molecule has 0 aromatic heterocycles. The molecule has 1 heterocycles. The van der Waals surface area contributed by atoms with Crippen molar-refractivity contribution in [1.82, 2.24) is 16.0 Å². The number of benzene rings is 1. The van der Waals surface area contributed by atoms with Crippen molar-refractivity contribution in [3.05, 3.63) is 35.9 Å². The van der Waals surface area contributed by atoms with Crippen molar-refractivity contribution in [1.29, 1.82) is 0 Å². The van der Waals surface area contributed by atoms with Crippen molar-refractivity contribution in [3.8, 4) is 0 Å². The number of nitrogens with one attached hydrogen (secondary N) is 3. The molecule has 5 nitrogen and oxygen atoms in total. The Hall–Kier alpha value is -0.850. The van der Waals surface area contributed by atoms with Crippen LogP contribution in [-0.2, 0) is 4.79 Å². The summed E-state index contributed by atoms with van der Waals surface area (Å²) in [4.78, 5) is 12.3. The molecular weight excluding hydrogens is 373 g/mol. The van der Waals surface area contributed by atoms with Crippen LogP contribution in [0, 0.1) is 0 Å². The lowest BCUT2D eigenvalue weighted by Crippen LogP contribution is -2.55. The Balaban J connectivity index is 0.00000312. The van der Waals surface area contributed by atoms with E-state index in [0.29, 0.717) is 19.5 Å². The van der Waals surface area contributed by atoms with Gasteiger partial charge in [0, 0.05) is 24.7 Å². The maximum absolute atomic E-state index is 12.3. The molecule has 1 aromatic carbocycles. The monoisotopic (exact) mass is 405 g/mol. The highest BCUT2D eigenvalue weighted by Crippen LogP contribution is 2.21. The Morgan fingerprint density at radius 1 is 1.27 bits per heavy atom. The molecule has 26 heavy (non-hydrogen) atoms. The zero-order valence-corrected chi connectivity index (χ0v) is 17.5. The van der Waals surface area contributed by atoms with Gasteiger partial charge in [-0.25, -0.2) is 0 Å². The van der Waals surface area contributed by atoms with Gasteiger partial charge < -0.3 is 21.1 Å². The molecule has 0 aliphatic carbocycles. The van der Waals surface area contributed by atoms with Crippen LogP contribution in [0.4, 0.5) is 0 Å². The van der Waals surface area contributed by atoms with Crippen LogP contribution in [0.15, 0.2) is 30.3 Å². The first kappa shape index (κ1) is 25.1. The Kier molecular flexibility index (Phi) is 11.4. The lowest BCUT2D eigenvalue weighted by molar-refractivity contribution is -0.123. The van der Waals surface area contributed by atoms with Crippen LogP contribution >= 0.6 is 24.8 Å². The van der Waals surface area contributed by atoms with E-state index in [4.69, 9.17) is 0 Å². The fraction of sp³-hybridized carbons (Fsp3) is 0.632. The smallest absolute Gasteiger partial charge is 0.237 e. The van der Waals surface area contributed by atoms with E-state index in [1.54, 1.807) is 0 Å². The minimum absolute atomic E-state index is 0. The van der Waals surface area contributed by atoms with Gasteiger partial charge in [-0.05, 0) is 31.7 Å². The Morgan fingerprint density at radius 2 is 1.88 bits per heavy atom. The summed E-state index contributed by atoms with van der Waals surface area (Å²) in [6, 6.07) is 10.3. The summed E-state index contributed by atoms with van der Waals surface area (Å²) in [7, 11) is 0. The standard InChI is InChI=1S/C19H31N3O2.2ClH/c1-4-19(5-2,22-14(3)15-9-7-6-8-10-15)13-21-18(24)17-11-16(23)12-20-17;;/h6-10,14,16-17,20,22-23H,4-5,11-13H2,1-3H3,(H,21,24);2*1H. The van der Waals surface area contributed by atoms with Gasteiger partial charge in [0.05, 0.1) is 12.1 Å². The largest absolute Gasteiger partial charge is 0.392 e. The van der Waals surface area contributed by atoms with E-state index in [9.17, 15) is 9.90 Å². The second-order valence-corrected chi connectivity index (χ2v) is 6.83. The molecule has 150 valence electrons. The van der Waals surface area contributed by atoms with Crippen LogP contribution in [0.3, 0.4) is 0 Å². The lowest BCUT2D eigenvalue weighted by atomic mass is 9.90. The molecule has 0 spiro atoms. The molecule has 3 unspecified atom stereocenters. The molecule has 1 aliphatic heterocycles. The fourth-order valence-corrected chi connectivity index (χ4v) is 3.34. The molecular formula is C19H33Cl2N3O2. The Morgan fingerprint density at radius 3 is 2.38 bits per heavy atom. The van der Waals surface area contributed by atoms with Gasteiger partial charge >= 0.3 is 0 Å². The van der Waals surface area contributed by atoms with E-state index in [1.165, 1.54) is 5.56 Å². The quantitative estimate of drug-likeness (QED) is 0.536. The van der Waals surface area contributed by atoms with E-state index in [2.05, 4.69) is 48.9 Å². The number of rotatable bonds is 8. The molecule has 2 rings (SSSR count). The minimum Gasteiger partial charge on any atom is -0.392 e. The molecule has 0 saturated carbocycles. The molecule has 1 amide bonds. The third-order valence-electron chi connectivity index (χ3n) is 5.20. The zero-order chi connectivity index (χ0) is 17.6. The highest BCUT2D eigenvalue weighted by Gasteiger charge is 2.32. The normalized spacial score (nSPS) is 20.6. The summed E-state index contributed by atoms with van der Waals surface area (Å²) >= 11 is 0. The average molecular weight is 406 g/mol. The summed E-state index contributed by atoms with van der Waals surface area (Å²) in [6.45, 7) is 7.54. The summed E-state index contributed by atoms with van der Waals surface area (Å²) in [6.07, 6.45) is 1.94. The third-order valence-corrected chi connectivity index (χ3v) is 5.20. The Bertz CT molecular complexity index is 527. The summed E-state index contributed by atoms with van der Waals surface area (Å²) in [5.41, 5.74) is 1.11. The molecule has 1 saturated heterocycles. The first-order chi connectivity index (χ1) is 11.5. The first-order valence-corrected chi connectivity index (χ1v) is 9.01. The highest BCUT2D eigenvalue weighted by molar-refractivity contribution is 5.85. The predicted octanol–water partition coefficient (Wildman–Crippen LogP) is 2.58. The zero-order valence-electron chi connectivity index (χ0n) is 15.8. The first-order valence-electron chi connectivity index (χ1n) is 9.01. The topological polar surface area (TPSA) is 73.4 Å². The molecule has 0 bridgehead atoms. The van der Waals surface area contributed by atoms with Crippen LogP contribution in [0.2, 0.25) is 0 Å². The molecule has 3 atom stereocenters. The van der Waals surface area contributed by atoms with Crippen LogP contribution in [0.5, 0.6) is 0 Å². The van der Waals surface area contributed by atoms with Gasteiger partial charge in [-0.3, -0.25) is 4.79 Å². The van der Waals surface area contributed by atoms with Crippen molar-refractivity contribution < 1.29 is 9.90 Å². The number of aliphatic hydroxyl groups excluding tert-OH is 1. The number of β-amino-alcohol motifs (C(OH)–C–C–N with tert-alkyl or cyclic N) is 1. The van der Waals surface area contributed by atoms with E-state index in [1.807, 2.05) is 18.2 Å². The molecule has 4 N–H and O–H groups in total. The van der Waals surface area contributed by atoms with Gasteiger partial charge in [-0.2, -0.15) is 0 Å². The van der Waals surface area contributed by atoms with Crippen molar-refractivity contribution >= 4 is 30.7 Å². The number of hydrogen-bond acceptors (Lipinski definition) is 4. The van der Waals surface area contributed by atoms with Gasteiger partial charge in [0.2, 0.25) is 5.91 Å². The maximum Gasteiger partial charge on any atom is 0.237 e. The third kappa shape index (κ3) is 6.71. The average Bonchev–Trinajstić information content (AvgIpc) is 3.05. The second-order valence-electron chi connectivity index (χ2n) is 6.83. The summed E-state index contributed by atoms with van der Waals surface area (Å²) in [5.74, 6) is -0.0213. The van der Waals surface area contributed by atoms with Gasteiger partial charge in [-0.15, -0.1) is 24.8 Å². The summed E-state index contributed by atoms with van der Waals surface area (Å²) in [5, 5.41) is 19.4. The SMILES string of the molecule is CCC(CC)(CNC(=O)C1CC(O)CN1)NC(C)c1ccccc1.Cl.Cl. The highest BCUT2D eigenvalue weighted by atomic mass is 35.5. The predicted molar refractivity (Wildman–Crippen MR) is 111 cm³/mol. The number of aliphatic hydroxyl groups is 1. The van der Waals surface area contributed by atoms with E-state index >= 15 is 0 Å². The maximum atomic E-state index is 12.3. The molecule has 0 radical (unpaired) electrons. The lowest BCUT2D eigenvalue weighted by Gasteiger charge is -2.36. The number of hydrogen-bond donors (Lipinski definition) is 4. The van der Waals surface area contributed by atoms with E-state index in [0.717, 1.165) is 12.8 Å². The number of halogens is 2. The van der Waals surface area contributed by atoms with Gasteiger partial charge in [-0.1, -0.05) is 44.2 Å². The molecule has 1 fully saturated rings. The molecule has 7 heteroatoms. The Labute approximate surface area is 169 Å². The molecule has 1 aliphatic rings. The van der Waals surface area contributed by atoms with Gasteiger partial charge in [0.1, 0.15) is 0 Å². The van der Waals surface area contributed by atoms with Crippen molar-refractivity contribution in [2.24, 2.45) is 0 Å². The molecule has 1 aromatic rings. The number of amides is 1. The van der Waals surface area contributed by atoms with Crippen LogP contribution in [0.25, 0.3) is 0 Å². The van der Waals surface area contributed by atoms with Crippen LogP contribution in [-0.4, -0.2) is 41.8 Å². The number of carbonyl (C=O) groups is 1. The summed E-state index contributed by atoms with van der Waals surface area (Å²) < 4.78 is 0. The van der Waals surface area contributed by atoms with Crippen LogP contribution < -0.4 is 16.0 Å². The second kappa shape index (κ2) is 11.8. The number of carbonyl (C=O) groups excluding carboxylic acids is 1. The minimum atomic E-state index is -0.418.